The van der Waals surface area contributed by atoms with E-state index >= 15 is 0 Å². The molecule has 1 N–H and O–H groups in total. The molecule has 0 aliphatic carbocycles. The van der Waals surface area contributed by atoms with Crippen molar-refractivity contribution in [2.24, 2.45) is 0 Å². The second-order valence-electron chi connectivity index (χ2n) is 5.65. The quantitative estimate of drug-likeness (QED) is 0.670. The van der Waals surface area contributed by atoms with Gasteiger partial charge in [-0.05, 0) is 30.7 Å². The Labute approximate surface area is 147 Å². The maximum atomic E-state index is 13.8. The molecule has 1 aromatic carbocycles. The van der Waals surface area contributed by atoms with Crippen LogP contribution in [0.15, 0.2) is 47.4 Å². The van der Waals surface area contributed by atoms with Crippen LogP contribution in [0.1, 0.15) is 6.42 Å². The van der Waals surface area contributed by atoms with E-state index in [0.29, 0.717) is 6.54 Å². The summed E-state index contributed by atoms with van der Waals surface area (Å²) >= 11 is 1.13. The van der Waals surface area contributed by atoms with Crippen molar-refractivity contribution in [1.29, 1.82) is 0 Å². The minimum Gasteiger partial charge on any atom is -0.344 e. The summed E-state index contributed by atoms with van der Waals surface area (Å²) in [7, 11) is 1.61. The Morgan fingerprint density at radius 2 is 1.96 bits per heavy atom. The van der Waals surface area contributed by atoms with Gasteiger partial charge in [-0.15, -0.1) is 0 Å². The van der Waals surface area contributed by atoms with Gasteiger partial charge in [0.05, 0.1) is 5.69 Å². The molecule has 1 atom stereocenters. The van der Waals surface area contributed by atoms with Gasteiger partial charge in [-0.2, -0.15) is 13.8 Å². The second kappa shape index (κ2) is 6.79. The molecule has 25 heavy (non-hydrogen) atoms. The smallest absolute Gasteiger partial charge is 0.250 e. The molecule has 2 heterocycles. The first-order chi connectivity index (χ1) is 11.9. The molecule has 1 saturated heterocycles. The first kappa shape index (κ1) is 17.3. The molecule has 1 aromatic heterocycles. The lowest BCUT2D eigenvalue weighted by molar-refractivity contribution is -0.133. The fourth-order valence-electron chi connectivity index (χ4n) is 2.61. The Morgan fingerprint density at radius 1 is 1.24 bits per heavy atom. The molecule has 2 aromatic rings. The number of rotatable bonds is 4. The van der Waals surface area contributed by atoms with Crippen LogP contribution in [0.3, 0.4) is 0 Å². The number of aromatic nitrogens is 1. The van der Waals surface area contributed by atoms with Gasteiger partial charge in [0.2, 0.25) is 17.8 Å². The second-order valence-corrected chi connectivity index (χ2v) is 7.02. The average molecular weight is 363 g/mol. The molecule has 0 radical (unpaired) electrons. The highest BCUT2D eigenvalue weighted by Crippen LogP contribution is 2.41. The predicted molar refractivity (Wildman–Crippen MR) is 90.1 cm³/mol. The summed E-state index contributed by atoms with van der Waals surface area (Å²) in [6.45, 7) is 0.413. The van der Waals surface area contributed by atoms with Crippen molar-refractivity contribution in [3.63, 3.8) is 0 Å². The van der Waals surface area contributed by atoms with Crippen molar-refractivity contribution < 1.29 is 18.4 Å². The molecular formula is C17H15F2N3O2S. The van der Waals surface area contributed by atoms with E-state index in [0.717, 1.165) is 28.8 Å². The van der Waals surface area contributed by atoms with Crippen LogP contribution in [-0.2, 0) is 9.59 Å². The molecular weight excluding hydrogens is 348 g/mol. The van der Waals surface area contributed by atoms with Gasteiger partial charge in [-0.3, -0.25) is 9.59 Å². The van der Waals surface area contributed by atoms with Gasteiger partial charge in [0.15, 0.2) is 4.75 Å². The number of carbonyl (C=O) groups excluding carboxylic acids is 2. The summed E-state index contributed by atoms with van der Waals surface area (Å²) in [5.41, 5.74) is -0.262. The Morgan fingerprint density at radius 3 is 2.56 bits per heavy atom. The van der Waals surface area contributed by atoms with Crippen molar-refractivity contribution in [2.75, 3.05) is 18.9 Å². The summed E-state index contributed by atoms with van der Waals surface area (Å²) < 4.78 is 25.3. The first-order valence-corrected chi connectivity index (χ1v) is 8.37. The third-order valence-electron chi connectivity index (χ3n) is 3.96. The maximum absolute atomic E-state index is 13.8. The van der Waals surface area contributed by atoms with Crippen LogP contribution in [0.4, 0.5) is 14.5 Å². The molecule has 8 heteroatoms. The maximum Gasteiger partial charge on any atom is 0.250 e. The van der Waals surface area contributed by atoms with Gasteiger partial charge >= 0.3 is 0 Å². The first-order valence-electron chi connectivity index (χ1n) is 7.55. The van der Waals surface area contributed by atoms with E-state index < -0.39 is 22.5 Å². The topological polar surface area (TPSA) is 62.3 Å². The number of anilines is 1. The largest absolute Gasteiger partial charge is 0.344 e. The van der Waals surface area contributed by atoms with E-state index in [1.807, 2.05) is 6.07 Å². The lowest BCUT2D eigenvalue weighted by Gasteiger charge is -2.25. The van der Waals surface area contributed by atoms with Crippen molar-refractivity contribution in [3.8, 4) is 0 Å². The summed E-state index contributed by atoms with van der Waals surface area (Å²) in [5, 5.41) is 2.38. The number of hydrogen-bond donors (Lipinski definition) is 1. The van der Waals surface area contributed by atoms with Crippen molar-refractivity contribution in [3.05, 3.63) is 54.4 Å². The third kappa shape index (κ3) is 3.34. The van der Waals surface area contributed by atoms with Crippen molar-refractivity contribution in [1.82, 2.24) is 9.88 Å². The molecule has 0 bridgehead atoms. The molecule has 0 saturated carbocycles. The highest BCUT2D eigenvalue weighted by molar-refractivity contribution is 8.02. The number of pyridine rings is 1. The summed E-state index contributed by atoms with van der Waals surface area (Å²) in [6.07, 6.45) is 0.282. The van der Waals surface area contributed by atoms with Gasteiger partial charge in [0.25, 0.3) is 5.91 Å². The summed E-state index contributed by atoms with van der Waals surface area (Å²) in [4.78, 5) is 30.8. The minimum absolute atomic E-state index is 0.262. The summed E-state index contributed by atoms with van der Waals surface area (Å²) in [5.74, 6) is -3.12. The number of halogens is 2. The van der Waals surface area contributed by atoms with Crippen LogP contribution in [0.5, 0.6) is 0 Å². The van der Waals surface area contributed by atoms with Crippen LogP contribution < -0.4 is 5.32 Å². The van der Waals surface area contributed by atoms with E-state index in [9.17, 15) is 18.4 Å². The van der Waals surface area contributed by atoms with Crippen LogP contribution in [-0.4, -0.2) is 40.0 Å². The molecule has 2 amide bonds. The molecule has 130 valence electrons. The van der Waals surface area contributed by atoms with Crippen LogP contribution in [0, 0.1) is 11.9 Å². The van der Waals surface area contributed by atoms with Crippen LogP contribution >= 0.6 is 11.8 Å². The number of nitrogens with one attached hydrogen (secondary N) is 1. The molecule has 1 fully saturated rings. The SMILES string of the molecule is CN1CCC(Sc2ccccc2)(C(=O)Nc2ccc(F)nc2F)C1=O. The lowest BCUT2D eigenvalue weighted by Crippen LogP contribution is -2.46. The van der Waals surface area contributed by atoms with Crippen LogP contribution in [0.2, 0.25) is 0 Å². The van der Waals surface area contributed by atoms with Gasteiger partial charge in [-0.1, -0.05) is 30.0 Å². The Bertz CT molecular complexity index is 819. The fraction of sp³-hybridized carbons (Fsp3) is 0.235. The molecule has 0 spiro atoms. The normalized spacial score (nSPS) is 20.0. The Hall–Kier alpha value is -2.48. The minimum atomic E-state index is -1.41. The van der Waals surface area contributed by atoms with E-state index in [1.54, 1.807) is 31.3 Å². The van der Waals surface area contributed by atoms with E-state index in [4.69, 9.17) is 0 Å². The third-order valence-corrected chi connectivity index (χ3v) is 5.38. The van der Waals surface area contributed by atoms with Crippen LogP contribution in [0.25, 0.3) is 0 Å². The van der Waals surface area contributed by atoms with Crippen molar-refractivity contribution >= 4 is 29.3 Å². The summed E-state index contributed by atoms with van der Waals surface area (Å²) in [6, 6.07) is 11.1. The Balaban J connectivity index is 1.92. The number of nitrogens with zero attached hydrogens (tertiary/aromatic N) is 2. The lowest BCUT2D eigenvalue weighted by atomic mass is 10.1. The predicted octanol–water partition coefficient (Wildman–Crippen LogP) is 2.69. The standard InChI is InChI=1S/C17H15F2N3O2S/c1-22-10-9-17(16(22)24,25-11-5-3-2-4-6-11)15(23)20-12-7-8-13(18)21-14(12)19/h2-8H,9-10H2,1H3,(H,20,23). The molecule has 1 aliphatic heterocycles. The molecule has 1 unspecified atom stereocenters. The van der Waals surface area contributed by atoms with E-state index in [1.165, 1.54) is 4.90 Å². The van der Waals surface area contributed by atoms with Gasteiger partial charge in [-0.25, -0.2) is 0 Å². The zero-order valence-corrected chi connectivity index (χ0v) is 14.1. The molecule has 1 aliphatic rings. The zero-order valence-electron chi connectivity index (χ0n) is 13.3. The number of thioether (sulfide) groups is 1. The monoisotopic (exact) mass is 363 g/mol. The number of amides is 2. The Kier molecular flexibility index (Phi) is 4.71. The van der Waals surface area contributed by atoms with Gasteiger partial charge in [0, 0.05) is 18.5 Å². The molecule has 5 nitrogen and oxygen atoms in total. The van der Waals surface area contributed by atoms with E-state index in [2.05, 4.69) is 10.3 Å². The number of likely N-dealkylation sites (tertiary alicyclic amines) is 1. The highest BCUT2D eigenvalue weighted by atomic mass is 32.2. The fourth-order valence-corrected chi connectivity index (χ4v) is 3.89. The number of carbonyl (C=O) groups is 2. The molecule has 3 rings (SSSR count). The van der Waals surface area contributed by atoms with E-state index in [-0.39, 0.29) is 18.0 Å². The number of benzene rings is 1. The van der Waals surface area contributed by atoms with Gasteiger partial charge in [0.1, 0.15) is 0 Å². The van der Waals surface area contributed by atoms with Crippen molar-refractivity contribution in [2.45, 2.75) is 16.1 Å². The highest BCUT2D eigenvalue weighted by Gasteiger charge is 2.52. The van der Waals surface area contributed by atoms with Gasteiger partial charge < -0.3 is 10.2 Å². The zero-order chi connectivity index (χ0) is 18.0. The number of hydrogen-bond acceptors (Lipinski definition) is 4. The average Bonchev–Trinajstić information content (AvgIpc) is 2.88.